The van der Waals surface area contributed by atoms with Crippen molar-refractivity contribution >= 4 is 29.3 Å². The van der Waals surface area contributed by atoms with Gasteiger partial charge in [0, 0.05) is 35.6 Å². The summed E-state index contributed by atoms with van der Waals surface area (Å²) in [7, 11) is 0. The summed E-state index contributed by atoms with van der Waals surface area (Å²) in [5.74, 6) is -0.994. The fraction of sp³-hybridized carbons (Fsp3) is 0.238. The van der Waals surface area contributed by atoms with E-state index in [0.717, 1.165) is 22.9 Å². The Hall–Kier alpha value is -2.55. The molecule has 0 fully saturated rings. The molecule has 0 saturated carbocycles. The van der Waals surface area contributed by atoms with Gasteiger partial charge in [-0.1, -0.05) is 18.5 Å². The number of rotatable bonds is 4. The maximum Gasteiger partial charge on any atom is 0.204 e. The third kappa shape index (κ3) is 4.30. The number of aromatic nitrogens is 1. The van der Waals surface area contributed by atoms with Crippen LogP contribution in [0, 0.1) is 11.6 Å². The lowest BCUT2D eigenvalue weighted by atomic mass is 9.93. The van der Waals surface area contributed by atoms with Gasteiger partial charge in [0.05, 0.1) is 17.3 Å². The Labute approximate surface area is 181 Å². The van der Waals surface area contributed by atoms with Gasteiger partial charge in [-0.2, -0.15) is 11.3 Å². The van der Waals surface area contributed by atoms with Crippen molar-refractivity contribution < 1.29 is 18.3 Å². The molecule has 9 heteroatoms. The predicted octanol–water partition coefficient (Wildman–Crippen LogP) is 4.43. The van der Waals surface area contributed by atoms with Gasteiger partial charge < -0.3 is 16.2 Å². The molecule has 2 unspecified atom stereocenters. The summed E-state index contributed by atoms with van der Waals surface area (Å²) in [5, 5.41) is 3.85. The summed E-state index contributed by atoms with van der Waals surface area (Å²) < 4.78 is 34.0. The highest BCUT2D eigenvalue weighted by Gasteiger charge is 2.29. The molecule has 0 bridgehead atoms. The van der Waals surface area contributed by atoms with Crippen LogP contribution < -0.4 is 16.2 Å². The maximum absolute atomic E-state index is 14.6. The van der Waals surface area contributed by atoms with Crippen LogP contribution in [-0.2, 0) is 4.79 Å². The van der Waals surface area contributed by atoms with Crippen LogP contribution in [0.4, 0.5) is 8.78 Å². The molecular formula is C21H20ClF2N3O2S. The van der Waals surface area contributed by atoms with Crippen LogP contribution in [0.5, 0.6) is 5.75 Å². The lowest BCUT2D eigenvalue weighted by molar-refractivity contribution is -0.106. The molecule has 0 radical (unpaired) electrons. The quantitative estimate of drug-likeness (QED) is 0.453. The Kier molecular flexibility index (Phi) is 7.02. The average molecular weight is 452 g/mol. The van der Waals surface area contributed by atoms with E-state index in [9.17, 15) is 8.78 Å². The third-order valence-corrected chi connectivity index (χ3v) is 5.82. The van der Waals surface area contributed by atoms with E-state index in [1.165, 1.54) is 6.07 Å². The van der Waals surface area contributed by atoms with Gasteiger partial charge in [0.15, 0.2) is 0 Å². The van der Waals surface area contributed by atoms with E-state index in [4.69, 9.17) is 26.9 Å². The predicted molar refractivity (Wildman–Crippen MR) is 114 cm³/mol. The van der Waals surface area contributed by atoms with E-state index in [-0.39, 0.29) is 28.8 Å². The lowest BCUT2D eigenvalue weighted by Crippen LogP contribution is -2.15. The van der Waals surface area contributed by atoms with Crippen molar-refractivity contribution in [3.05, 3.63) is 68.5 Å². The fourth-order valence-corrected chi connectivity index (χ4v) is 4.23. The minimum Gasteiger partial charge on any atom is -0.490 e. The largest absolute Gasteiger partial charge is 0.490 e. The van der Waals surface area contributed by atoms with E-state index in [1.54, 1.807) is 11.3 Å². The van der Waals surface area contributed by atoms with Gasteiger partial charge in [0.1, 0.15) is 23.1 Å². The second-order valence-electron chi connectivity index (χ2n) is 6.75. The molecule has 158 valence electrons. The summed E-state index contributed by atoms with van der Waals surface area (Å²) in [6.45, 7) is 2.88. The van der Waals surface area contributed by atoms with Crippen LogP contribution in [-0.4, -0.2) is 24.5 Å². The first-order valence-corrected chi connectivity index (χ1v) is 10.4. The van der Waals surface area contributed by atoms with Crippen molar-refractivity contribution in [2.24, 2.45) is 11.5 Å². The summed E-state index contributed by atoms with van der Waals surface area (Å²) >= 11 is 7.48. The van der Waals surface area contributed by atoms with Crippen molar-refractivity contribution in [2.75, 3.05) is 13.2 Å². The topological polar surface area (TPSA) is 91.2 Å². The van der Waals surface area contributed by atoms with Crippen LogP contribution in [0.3, 0.4) is 0 Å². The van der Waals surface area contributed by atoms with Gasteiger partial charge in [0.2, 0.25) is 6.41 Å². The molecule has 1 aliphatic rings. The zero-order valence-electron chi connectivity index (χ0n) is 16.1. The molecule has 3 heterocycles. The van der Waals surface area contributed by atoms with Crippen molar-refractivity contribution in [2.45, 2.75) is 18.8 Å². The summed E-state index contributed by atoms with van der Waals surface area (Å²) in [6.07, 6.45) is 0.250. The van der Waals surface area contributed by atoms with Crippen molar-refractivity contribution in [1.29, 1.82) is 0 Å². The standard InChI is InChI=1S/C20H17ClF2N2OS.CH3NO/c1-10-8-26-20-12(10)5-18(14(7-24)11-2-3-27-9-11)25-19(20)13-4-15(21)17(23)6-16(13)22;2-1-3/h2-6,9-10,14H,7-8,24H2,1H3;1H,(H2,2,3). The second-order valence-corrected chi connectivity index (χ2v) is 7.94. The smallest absolute Gasteiger partial charge is 0.204 e. The molecule has 3 aromatic rings. The fourth-order valence-electron chi connectivity index (χ4n) is 3.36. The number of thiophene rings is 1. The number of primary amides is 1. The molecule has 2 atom stereocenters. The normalized spacial score (nSPS) is 15.6. The number of carbonyl (C=O) groups excluding carboxylic acids is 1. The lowest BCUT2D eigenvalue weighted by Gasteiger charge is -2.17. The Morgan fingerprint density at radius 2 is 2.10 bits per heavy atom. The number of carbonyl (C=O) groups is 1. The molecule has 4 N–H and O–H groups in total. The van der Waals surface area contributed by atoms with Gasteiger partial charge in [-0.15, -0.1) is 0 Å². The van der Waals surface area contributed by atoms with E-state index in [0.29, 0.717) is 24.6 Å². The van der Waals surface area contributed by atoms with E-state index in [2.05, 4.69) is 10.7 Å². The Morgan fingerprint density at radius 3 is 2.73 bits per heavy atom. The van der Waals surface area contributed by atoms with Crippen LogP contribution in [0.15, 0.2) is 35.0 Å². The first-order chi connectivity index (χ1) is 14.4. The average Bonchev–Trinajstić information content (AvgIpc) is 3.36. The summed E-state index contributed by atoms with van der Waals surface area (Å²) in [6, 6.07) is 6.02. The van der Waals surface area contributed by atoms with E-state index in [1.807, 2.05) is 29.8 Å². The molecule has 0 saturated heterocycles. The number of benzene rings is 1. The molecule has 5 nitrogen and oxygen atoms in total. The third-order valence-electron chi connectivity index (χ3n) is 4.83. The number of ether oxygens (including phenoxy) is 1. The molecule has 2 aromatic heterocycles. The van der Waals surface area contributed by atoms with Crippen LogP contribution in [0.2, 0.25) is 5.02 Å². The first-order valence-electron chi connectivity index (χ1n) is 9.11. The van der Waals surface area contributed by atoms with Crippen molar-refractivity contribution in [1.82, 2.24) is 4.98 Å². The Bertz CT molecular complexity index is 1050. The van der Waals surface area contributed by atoms with Crippen molar-refractivity contribution in [3.8, 4) is 17.0 Å². The Morgan fingerprint density at radius 1 is 1.37 bits per heavy atom. The first kappa shape index (κ1) is 22.1. The van der Waals surface area contributed by atoms with Crippen LogP contribution in [0.25, 0.3) is 11.3 Å². The second kappa shape index (κ2) is 9.51. The molecule has 0 aliphatic carbocycles. The van der Waals surface area contributed by atoms with Gasteiger partial charge in [-0.3, -0.25) is 4.79 Å². The number of halogens is 3. The Balaban J connectivity index is 0.000000806. The highest BCUT2D eigenvalue weighted by molar-refractivity contribution is 7.08. The van der Waals surface area contributed by atoms with E-state index >= 15 is 0 Å². The highest BCUT2D eigenvalue weighted by Crippen LogP contribution is 2.44. The van der Waals surface area contributed by atoms with Gasteiger partial charge >= 0.3 is 0 Å². The van der Waals surface area contributed by atoms with Crippen LogP contribution >= 0.6 is 22.9 Å². The zero-order valence-corrected chi connectivity index (χ0v) is 17.6. The molecular weight excluding hydrogens is 432 g/mol. The SMILES string of the molecule is CC1COc2c1cc(C(CN)c1ccsc1)nc2-c1cc(Cl)c(F)cc1F.NC=O. The minimum absolute atomic E-state index is 0.118. The van der Waals surface area contributed by atoms with Gasteiger partial charge in [-0.25, -0.2) is 13.8 Å². The van der Waals surface area contributed by atoms with E-state index < -0.39 is 11.6 Å². The number of nitrogens with two attached hydrogens (primary N) is 2. The zero-order chi connectivity index (χ0) is 21.8. The van der Waals surface area contributed by atoms with Gasteiger partial charge in [0.25, 0.3) is 0 Å². The van der Waals surface area contributed by atoms with Crippen LogP contribution in [0.1, 0.15) is 35.6 Å². The number of nitrogens with zero attached hydrogens (tertiary/aromatic N) is 1. The highest BCUT2D eigenvalue weighted by atomic mass is 35.5. The summed E-state index contributed by atoms with van der Waals surface area (Å²) in [5.41, 5.74) is 13.4. The van der Waals surface area contributed by atoms with Crippen molar-refractivity contribution in [3.63, 3.8) is 0 Å². The summed E-state index contributed by atoms with van der Waals surface area (Å²) in [4.78, 5) is 13.3. The number of hydrogen-bond acceptors (Lipinski definition) is 5. The molecule has 30 heavy (non-hydrogen) atoms. The number of pyridine rings is 1. The minimum atomic E-state index is -0.807. The molecule has 1 aromatic carbocycles. The molecule has 0 spiro atoms. The molecule has 1 aliphatic heterocycles. The molecule has 4 rings (SSSR count). The number of fused-ring (bicyclic) bond motifs is 1. The molecule has 1 amide bonds. The number of hydrogen-bond donors (Lipinski definition) is 2. The monoisotopic (exact) mass is 451 g/mol. The van der Waals surface area contributed by atoms with Gasteiger partial charge in [-0.05, 0) is 34.5 Å². The number of amides is 1. The maximum atomic E-state index is 14.6.